The van der Waals surface area contributed by atoms with Crippen LogP contribution in [0.25, 0.3) is 11.3 Å². The number of H-pyrrole nitrogens is 1. The molecule has 5 nitrogen and oxygen atoms in total. The van der Waals surface area contributed by atoms with Crippen LogP contribution < -0.4 is 14.8 Å². The first-order chi connectivity index (χ1) is 12.3. The van der Waals surface area contributed by atoms with Crippen LogP contribution in [0.3, 0.4) is 0 Å². The van der Waals surface area contributed by atoms with Crippen LogP contribution in [0.2, 0.25) is 0 Å². The molecule has 3 aromatic rings. The molecule has 0 spiro atoms. The topological polar surface area (TPSA) is 63.4 Å². The number of aromatic nitrogens is 1. The minimum absolute atomic E-state index is 0.0327. The molecule has 2 N–H and O–H groups in total. The smallest absolute Gasteiger partial charge is 0.231 e. The molecule has 1 aromatic heterocycles. The number of benzene rings is 2. The number of fused-ring (bicyclic) bond motifs is 1. The van der Waals surface area contributed by atoms with Gasteiger partial charge in [0, 0.05) is 29.6 Å². The van der Waals surface area contributed by atoms with Crippen molar-refractivity contribution >= 4 is 11.6 Å². The minimum Gasteiger partial charge on any atom is -0.454 e. The highest BCUT2D eigenvalue weighted by molar-refractivity contribution is 5.91. The van der Waals surface area contributed by atoms with E-state index in [0.717, 1.165) is 17.0 Å². The summed E-state index contributed by atoms with van der Waals surface area (Å²) in [5.74, 6) is 1.34. The summed E-state index contributed by atoms with van der Waals surface area (Å²) < 4.78 is 10.6. The van der Waals surface area contributed by atoms with E-state index < -0.39 is 0 Å². The maximum absolute atomic E-state index is 12.2. The van der Waals surface area contributed by atoms with Crippen molar-refractivity contribution in [2.75, 3.05) is 12.1 Å². The van der Waals surface area contributed by atoms with E-state index in [0.29, 0.717) is 30.0 Å². The molecular formula is C20H18N2O3. The van der Waals surface area contributed by atoms with Gasteiger partial charge in [0.1, 0.15) is 0 Å². The molecule has 4 rings (SSSR count). The van der Waals surface area contributed by atoms with E-state index in [2.05, 4.69) is 22.4 Å². The third kappa shape index (κ3) is 3.50. The minimum atomic E-state index is -0.0327. The van der Waals surface area contributed by atoms with Crippen molar-refractivity contribution in [2.45, 2.75) is 12.8 Å². The highest BCUT2D eigenvalue weighted by Crippen LogP contribution is 2.34. The molecule has 126 valence electrons. The highest BCUT2D eigenvalue weighted by atomic mass is 16.7. The van der Waals surface area contributed by atoms with E-state index in [1.807, 2.05) is 36.4 Å². The Morgan fingerprint density at radius 1 is 1.00 bits per heavy atom. The van der Waals surface area contributed by atoms with E-state index >= 15 is 0 Å². The largest absolute Gasteiger partial charge is 0.454 e. The van der Waals surface area contributed by atoms with Crippen molar-refractivity contribution < 1.29 is 14.3 Å². The first-order valence-corrected chi connectivity index (χ1v) is 8.21. The number of aryl methyl sites for hydroxylation is 1. The average Bonchev–Trinajstić information content (AvgIpc) is 3.30. The monoisotopic (exact) mass is 334 g/mol. The van der Waals surface area contributed by atoms with Gasteiger partial charge in [-0.05, 0) is 36.2 Å². The molecule has 1 aliphatic heterocycles. The van der Waals surface area contributed by atoms with Gasteiger partial charge >= 0.3 is 0 Å². The molecule has 1 amide bonds. The maximum atomic E-state index is 12.2. The Balaban J connectivity index is 1.34. The SMILES string of the molecule is O=C(CCc1ccc(-c2ccccc2)[nH]1)Nc1ccc2c(c1)OCO2. The second kappa shape index (κ2) is 6.73. The third-order valence-electron chi connectivity index (χ3n) is 4.11. The van der Waals surface area contributed by atoms with Crippen molar-refractivity contribution in [3.8, 4) is 22.8 Å². The molecule has 0 bridgehead atoms. The maximum Gasteiger partial charge on any atom is 0.231 e. The molecule has 0 atom stereocenters. The van der Waals surface area contributed by atoms with Gasteiger partial charge in [-0.25, -0.2) is 0 Å². The van der Waals surface area contributed by atoms with E-state index in [4.69, 9.17) is 9.47 Å². The molecule has 0 fully saturated rings. The van der Waals surface area contributed by atoms with Crippen LogP contribution in [0.15, 0.2) is 60.7 Å². The zero-order valence-corrected chi connectivity index (χ0v) is 13.6. The van der Waals surface area contributed by atoms with Crippen LogP contribution in [0.1, 0.15) is 12.1 Å². The van der Waals surface area contributed by atoms with Crippen molar-refractivity contribution in [3.63, 3.8) is 0 Å². The normalized spacial score (nSPS) is 12.2. The number of nitrogens with one attached hydrogen (secondary N) is 2. The Morgan fingerprint density at radius 2 is 1.84 bits per heavy atom. The molecule has 25 heavy (non-hydrogen) atoms. The van der Waals surface area contributed by atoms with Gasteiger partial charge < -0.3 is 19.8 Å². The summed E-state index contributed by atoms with van der Waals surface area (Å²) in [6.07, 6.45) is 1.06. The van der Waals surface area contributed by atoms with Gasteiger partial charge in [-0.15, -0.1) is 0 Å². The zero-order valence-electron chi connectivity index (χ0n) is 13.6. The van der Waals surface area contributed by atoms with E-state index in [-0.39, 0.29) is 12.7 Å². The molecule has 0 saturated carbocycles. The molecular weight excluding hydrogens is 316 g/mol. The van der Waals surface area contributed by atoms with Crippen LogP contribution in [0, 0.1) is 0 Å². The number of aromatic amines is 1. The van der Waals surface area contributed by atoms with Crippen LogP contribution in [0.4, 0.5) is 5.69 Å². The number of rotatable bonds is 5. The van der Waals surface area contributed by atoms with Gasteiger partial charge in [0.05, 0.1) is 0 Å². The molecule has 0 radical (unpaired) electrons. The number of carbonyl (C=O) groups is 1. The van der Waals surface area contributed by atoms with Gasteiger partial charge in [-0.1, -0.05) is 30.3 Å². The Hall–Kier alpha value is -3.21. The summed E-state index contributed by atoms with van der Waals surface area (Å²) in [5.41, 5.74) is 3.95. The first-order valence-electron chi connectivity index (χ1n) is 8.21. The molecule has 5 heteroatoms. The van der Waals surface area contributed by atoms with Crippen LogP contribution in [-0.4, -0.2) is 17.7 Å². The average molecular weight is 334 g/mol. The second-order valence-corrected chi connectivity index (χ2v) is 5.88. The zero-order chi connectivity index (χ0) is 17.1. The lowest BCUT2D eigenvalue weighted by Crippen LogP contribution is -2.12. The summed E-state index contributed by atoms with van der Waals surface area (Å²) in [7, 11) is 0. The standard InChI is InChI=1S/C20H18N2O3/c23-20(22-16-7-10-18-19(12-16)25-13-24-18)11-8-15-6-9-17(21-15)14-4-2-1-3-5-14/h1-7,9-10,12,21H,8,11,13H2,(H,22,23). The van der Waals surface area contributed by atoms with Gasteiger partial charge in [-0.3, -0.25) is 4.79 Å². The van der Waals surface area contributed by atoms with E-state index in [9.17, 15) is 4.79 Å². The fourth-order valence-corrected chi connectivity index (χ4v) is 2.82. The van der Waals surface area contributed by atoms with Crippen LogP contribution >= 0.6 is 0 Å². The molecule has 1 aliphatic rings. The lowest BCUT2D eigenvalue weighted by Gasteiger charge is -2.06. The van der Waals surface area contributed by atoms with Crippen molar-refractivity contribution in [1.29, 1.82) is 0 Å². The van der Waals surface area contributed by atoms with Gasteiger partial charge in [0.25, 0.3) is 0 Å². The summed E-state index contributed by atoms with van der Waals surface area (Å²) >= 11 is 0. The number of carbonyl (C=O) groups excluding carboxylic acids is 1. The summed E-state index contributed by atoms with van der Waals surface area (Å²) in [6, 6.07) is 19.6. The third-order valence-corrected chi connectivity index (χ3v) is 4.11. The van der Waals surface area contributed by atoms with Crippen LogP contribution in [0.5, 0.6) is 11.5 Å². The Bertz CT molecular complexity index is 887. The molecule has 2 aromatic carbocycles. The number of anilines is 1. The fourth-order valence-electron chi connectivity index (χ4n) is 2.82. The molecule has 0 saturated heterocycles. The van der Waals surface area contributed by atoms with Crippen molar-refractivity contribution in [2.24, 2.45) is 0 Å². The Kier molecular flexibility index (Phi) is 4.12. The Labute approximate surface area is 145 Å². The number of ether oxygens (including phenoxy) is 2. The van der Waals surface area contributed by atoms with E-state index in [1.54, 1.807) is 12.1 Å². The molecule has 0 aliphatic carbocycles. The highest BCUT2D eigenvalue weighted by Gasteiger charge is 2.14. The molecule has 2 heterocycles. The number of hydrogen-bond acceptors (Lipinski definition) is 3. The fraction of sp³-hybridized carbons (Fsp3) is 0.150. The quantitative estimate of drug-likeness (QED) is 0.742. The first kappa shape index (κ1) is 15.3. The second-order valence-electron chi connectivity index (χ2n) is 5.88. The molecule has 0 unspecified atom stereocenters. The number of hydrogen-bond donors (Lipinski definition) is 2. The van der Waals surface area contributed by atoms with Crippen LogP contribution in [-0.2, 0) is 11.2 Å². The number of amides is 1. The predicted octanol–water partition coefficient (Wildman–Crippen LogP) is 3.98. The summed E-state index contributed by atoms with van der Waals surface area (Å²) in [4.78, 5) is 15.5. The Morgan fingerprint density at radius 3 is 2.72 bits per heavy atom. The lowest BCUT2D eigenvalue weighted by molar-refractivity contribution is -0.116. The van der Waals surface area contributed by atoms with Gasteiger partial charge in [0.2, 0.25) is 12.7 Å². The van der Waals surface area contributed by atoms with E-state index in [1.165, 1.54) is 0 Å². The van der Waals surface area contributed by atoms with Gasteiger partial charge in [0.15, 0.2) is 11.5 Å². The predicted molar refractivity (Wildman–Crippen MR) is 95.7 cm³/mol. The lowest BCUT2D eigenvalue weighted by atomic mass is 10.2. The summed E-state index contributed by atoms with van der Waals surface area (Å²) in [6.45, 7) is 0.226. The van der Waals surface area contributed by atoms with Crippen molar-refractivity contribution in [3.05, 3.63) is 66.4 Å². The van der Waals surface area contributed by atoms with Gasteiger partial charge in [-0.2, -0.15) is 0 Å². The summed E-state index contributed by atoms with van der Waals surface area (Å²) in [5, 5.41) is 2.89. The van der Waals surface area contributed by atoms with Crippen molar-refractivity contribution in [1.82, 2.24) is 4.98 Å².